The Morgan fingerprint density at radius 3 is 2.77 bits per heavy atom. The lowest BCUT2D eigenvalue weighted by Gasteiger charge is -2.16. The maximum absolute atomic E-state index is 12.4. The van der Waals surface area contributed by atoms with Crippen LogP contribution >= 0.6 is 11.3 Å². The summed E-state index contributed by atoms with van der Waals surface area (Å²) in [6, 6.07) is 10.2. The number of aryl methyl sites for hydroxylation is 1. The molecule has 1 fully saturated rings. The molecule has 1 amide bonds. The second kappa shape index (κ2) is 6.46. The smallest absolute Gasteiger partial charge is 0.223 e. The average Bonchev–Trinajstić information content (AvgIpc) is 3.12. The van der Waals surface area contributed by atoms with Crippen molar-refractivity contribution in [1.29, 1.82) is 0 Å². The van der Waals surface area contributed by atoms with Crippen molar-refractivity contribution in [3.63, 3.8) is 0 Å². The summed E-state index contributed by atoms with van der Waals surface area (Å²) < 4.78 is 0. The fourth-order valence-electron chi connectivity index (χ4n) is 2.92. The second-order valence-electron chi connectivity index (χ2n) is 5.66. The van der Waals surface area contributed by atoms with Crippen LogP contribution in [-0.4, -0.2) is 34.9 Å². The molecule has 0 spiro atoms. The summed E-state index contributed by atoms with van der Waals surface area (Å²) in [5.74, 6) is 0.362. The van der Waals surface area contributed by atoms with Gasteiger partial charge in [-0.1, -0.05) is 30.3 Å². The Morgan fingerprint density at radius 2 is 2.09 bits per heavy atom. The number of hydrogen-bond donors (Lipinski definition) is 2. The number of rotatable bonds is 4. The first-order valence-electron chi connectivity index (χ1n) is 7.41. The van der Waals surface area contributed by atoms with Gasteiger partial charge >= 0.3 is 0 Å². The van der Waals surface area contributed by atoms with Gasteiger partial charge in [-0.05, 0) is 12.0 Å². The zero-order valence-electron chi connectivity index (χ0n) is 12.3. The first-order valence-corrected chi connectivity index (χ1v) is 8.29. The van der Waals surface area contributed by atoms with Crippen LogP contribution in [-0.2, 0) is 11.2 Å². The zero-order chi connectivity index (χ0) is 15.5. The molecule has 1 aliphatic heterocycles. The van der Waals surface area contributed by atoms with Crippen LogP contribution in [0.1, 0.15) is 23.6 Å². The van der Waals surface area contributed by atoms with E-state index in [1.54, 1.807) is 0 Å². The Morgan fingerprint density at radius 1 is 1.32 bits per heavy atom. The molecular weight excluding hydrogens is 296 g/mol. The van der Waals surface area contributed by atoms with E-state index in [1.165, 1.54) is 16.9 Å². The topological polar surface area (TPSA) is 85.2 Å². The van der Waals surface area contributed by atoms with Gasteiger partial charge in [0.1, 0.15) is 0 Å². The van der Waals surface area contributed by atoms with Crippen molar-refractivity contribution >= 4 is 22.4 Å². The molecule has 6 heteroatoms. The quantitative estimate of drug-likeness (QED) is 0.897. The van der Waals surface area contributed by atoms with Gasteiger partial charge in [0.15, 0.2) is 5.13 Å². The molecule has 4 N–H and O–H groups in total. The fourth-order valence-corrected chi connectivity index (χ4v) is 3.51. The first-order chi connectivity index (χ1) is 10.6. The highest BCUT2D eigenvalue weighted by molar-refractivity contribution is 7.13. The Labute approximate surface area is 133 Å². The predicted octanol–water partition coefficient (Wildman–Crippen LogP) is 1.61. The van der Waals surface area contributed by atoms with Crippen molar-refractivity contribution < 1.29 is 4.79 Å². The number of aromatic nitrogens is 1. The lowest BCUT2D eigenvalue weighted by Crippen LogP contribution is -2.32. The molecule has 0 radical (unpaired) electrons. The molecule has 3 rings (SSSR count). The average molecular weight is 316 g/mol. The number of nitrogen functional groups attached to an aromatic ring is 1. The number of amides is 1. The molecule has 0 saturated carbocycles. The summed E-state index contributed by atoms with van der Waals surface area (Å²) in [5.41, 5.74) is 13.9. The highest BCUT2D eigenvalue weighted by atomic mass is 32.1. The van der Waals surface area contributed by atoms with Crippen LogP contribution in [0.4, 0.5) is 5.13 Å². The van der Waals surface area contributed by atoms with Gasteiger partial charge in [-0.25, -0.2) is 4.98 Å². The van der Waals surface area contributed by atoms with E-state index in [4.69, 9.17) is 11.5 Å². The fraction of sp³-hybridized carbons (Fsp3) is 0.375. The van der Waals surface area contributed by atoms with Crippen molar-refractivity contribution in [3.8, 4) is 0 Å². The summed E-state index contributed by atoms with van der Waals surface area (Å²) in [4.78, 5) is 18.4. The Balaban J connectivity index is 1.58. The summed E-state index contributed by atoms with van der Waals surface area (Å²) in [5, 5.41) is 2.46. The van der Waals surface area contributed by atoms with Crippen LogP contribution < -0.4 is 11.5 Å². The molecule has 0 unspecified atom stereocenters. The van der Waals surface area contributed by atoms with E-state index in [0.29, 0.717) is 31.1 Å². The largest absolute Gasteiger partial charge is 0.375 e. The van der Waals surface area contributed by atoms with E-state index >= 15 is 0 Å². The minimum Gasteiger partial charge on any atom is -0.375 e. The van der Waals surface area contributed by atoms with E-state index in [0.717, 1.165) is 5.69 Å². The van der Waals surface area contributed by atoms with Gasteiger partial charge in [0.05, 0.1) is 5.69 Å². The van der Waals surface area contributed by atoms with Gasteiger partial charge < -0.3 is 16.4 Å². The maximum atomic E-state index is 12.4. The molecule has 2 aromatic rings. The van der Waals surface area contributed by atoms with Crippen LogP contribution in [0.25, 0.3) is 0 Å². The van der Waals surface area contributed by atoms with Crippen LogP contribution in [0.2, 0.25) is 0 Å². The van der Waals surface area contributed by atoms with Gasteiger partial charge in [-0.3, -0.25) is 4.79 Å². The minimum atomic E-state index is 0.00117. The van der Waals surface area contributed by atoms with Crippen molar-refractivity contribution in [2.24, 2.45) is 5.73 Å². The molecule has 2 heterocycles. The minimum absolute atomic E-state index is 0.00117. The summed E-state index contributed by atoms with van der Waals surface area (Å²) >= 11 is 1.41. The van der Waals surface area contributed by atoms with Crippen molar-refractivity contribution in [3.05, 3.63) is 47.0 Å². The van der Waals surface area contributed by atoms with Gasteiger partial charge in [0, 0.05) is 36.9 Å². The van der Waals surface area contributed by atoms with E-state index in [9.17, 15) is 4.79 Å². The number of carbonyl (C=O) groups is 1. The van der Waals surface area contributed by atoms with Crippen LogP contribution in [0.15, 0.2) is 35.7 Å². The zero-order valence-corrected chi connectivity index (χ0v) is 13.1. The number of nitrogens with two attached hydrogens (primary N) is 2. The number of nitrogens with zero attached hydrogens (tertiary/aromatic N) is 2. The van der Waals surface area contributed by atoms with Crippen LogP contribution in [0, 0.1) is 0 Å². The van der Waals surface area contributed by atoms with Crippen molar-refractivity contribution in [2.75, 3.05) is 18.8 Å². The van der Waals surface area contributed by atoms with E-state index < -0.39 is 0 Å². The Bertz CT molecular complexity index is 643. The number of likely N-dealkylation sites (tertiary alicyclic amines) is 1. The molecule has 1 aromatic heterocycles. The number of hydrogen-bond acceptors (Lipinski definition) is 5. The van der Waals surface area contributed by atoms with E-state index in [-0.39, 0.29) is 17.9 Å². The molecular formula is C16H20N4OS. The van der Waals surface area contributed by atoms with E-state index in [2.05, 4.69) is 17.1 Å². The molecule has 0 bridgehead atoms. The highest BCUT2D eigenvalue weighted by Gasteiger charge is 2.33. The predicted molar refractivity (Wildman–Crippen MR) is 88.6 cm³/mol. The van der Waals surface area contributed by atoms with Crippen molar-refractivity contribution in [1.82, 2.24) is 9.88 Å². The third-order valence-corrected chi connectivity index (χ3v) is 4.83. The number of anilines is 1. The van der Waals surface area contributed by atoms with Gasteiger partial charge in [0.25, 0.3) is 0 Å². The SMILES string of the molecule is Nc1nc(CCC(=O)N2C[C@H](c3ccccc3)[C@@H](N)C2)cs1. The van der Waals surface area contributed by atoms with Crippen LogP contribution in [0.3, 0.4) is 0 Å². The van der Waals surface area contributed by atoms with Gasteiger partial charge in [-0.2, -0.15) is 0 Å². The second-order valence-corrected chi connectivity index (χ2v) is 6.55. The summed E-state index contributed by atoms with van der Waals surface area (Å²) in [7, 11) is 0. The Kier molecular flexibility index (Phi) is 4.40. The standard InChI is InChI=1S/C16H20N4OS/c17-14-9-20(8-13(14)11-4-2-1-3-5-11)15(21)7-6-12-10-22-16(18)19-12/h1-5,10,13-14H,6-9,17H2,(H2,18,19)/t13-,14+/m1/s1. The summed E-state index contributed by atoms with van der Waals surface area (Å²) in [6.45, 7) is 1.32. The third kappa shape index (κ3) is 3.28. The Hall–Kier alpha value is -1.92. The molecule has 1 aliphatic rings. The lowest BCUT2D eigenvalue weighted by molar-refractivity contribution is -0.130. The molecule has 116 valence electrons. The molecule has 22 heavy (non-hydrogen) atoms. The van der Waals surface area contributed by atoms with Crippen LogP contribution in [0.5, 0.6) is 0 Å². The number of benzene rings is 1. The van der Waals surface area contributed by atoms with E-state index in [1.807, 2.05) is 28.5 Å². The number of carbonyl (C=O) groups excluding carboxylic acids is 1. The molecule has 1 saturated heterocycles. The van der Waals surface area contributed by atoms with Gasteiger partial charge in [0.2, 0.25) is 5.91 Å². The molecule has 2 atom stereocenters. The summed E-state index contributed by atoms with van der Waals surface area (Å²) in [6.07, 6.45) is 1.09. The van der Waals surface area contributed by atoms with Crippen molar-refractivity contribution in [2.45, 2.75) is 24.8 Å². The molecule has 0 aliphatic carbocycles. The number of thiazole rings is 1. The maximum Gasteiger partial charge on any atom is 0.223 e. The third-order valence-electron chi connectivity index (χ3n) is 4.11. The normalized spacial score (nSPS) is 21.2. The van der Waals surface area contributed by atoms with Gasteiger partial charge in [-0.15, -0.1) is 11.3 Å². The first kappa shape index (κ1) is 15.0. The lowest BCUT2D eigenvalue weighted by atomic mass is 9.95. The molecule has 5 nitrogen and oxygen atoms in total. The highest BCUT2D eigenvalue weighted by Crippen LogP contribution is 2.27. The monoisotopic (exact) mass is 316 g/mol. The molecule has 1 aromatic carbocycles.